The van der Waals surface area contributed by atoms with Crippen molar-refractivity contribution in [2.24, 2.45) is 0 Å². The number of nitriles is 1. The standard InChI is InChI=1S/C20H19NO4/c1-3-15-4-8-17(9-5-15)20(23)14(2)25-19(22)13-24-18-10-6-16(12-21)7-11-18/h4-11,14H,3,13H2,1-2H3/t14-/m0/s1. The van der Waals surface area contributed by atoms with Crippen molar-refractivity contribution in [2.45, 2.75) is 26.4 Å². The van der Waals surface area contributed by atoms with E-state index in [1.165, 1.54) is 6.92 Å². The Labute approximate surface area is 146 Å². The average Bonchev–Trinajstić information content (AvgIpc) is 2.66. The highest BCUT2D eigenvalue weighted by atomic mass is 16.6. The van der Waals surface area contributed by atoms with E-state index < -0.39 is 12.1 Å². The molecule has 0 spiro atoms. The van der Waals surface area contributed by atoms with Gasteiger partial charge in [-0.3, -0.25) is 4.79 Å². The Hall–Kier alpha value is -3.13. The number of nitrogens with zero attached hydrogens (tertiary/aromatic N) is 1. The van der Waals surface area contributed by atoms with Crippen LogP contribution in [0.15, 0.2) is 48.5 Å². The number of aryl methyl sites for hydroxylation is 1. The van der Waals surface area contributed by atoms with Crippen molar-refractivity contribution in [3.63, 3.8) is 0 Å². The number of ether oxygens (including phenoxy) is 2. The zero-order valence-corrected chi connectivity index (χ0v) is 14.2. The predicted octanol–water partition coefficient (Wildman–Crippen LogP) is 3.31. The molecule has 0 aliphatic carbocycles. The summed E-state index contributed by atoms with van der Waals surface area (Å²) in [5.41, 5.74) is 2.14. The summed E-state index contributed by atoms with van der Waals surface area (Å²) in [7, 11) is 0. The summed E-state index contributed by atoms with van der Waals surface area (Å²) in [6.07, 6.45) is 0.00985. The van der Waals surface area contributed by atoms with Crippen molar-refractivity contribution in [3.8, 4) is 11.8 Å². The van der Waals surface area contributed by atoms with Gasteiger partial charge in [0, 0.05) is 5.56 Å². The summed E-state index contributed by atoms with van der Waals surface area (Å²) in [6.45, 7) is 3.27. The molecule has 0 amide bonds. The van der Waals surface area contributed by atoms with Gasteiger partial charge in [0.25, 0.3) is 0 Å². The van der Waals surface area contributed by atoms with Crippen molar-refractivity contribution >= 4 is 11.8 Å². The molecule has 0 saturated heterocycles. The molecule has 0 aliphatic heterocycles. The van der Waals surface area contributed by atoms with Crippen LogP contribution < -0.4 is 4.74 Å². The van der Waals surface area contributed by atoms with E-state index in [2.05, 4.69) is 0 Å². The summed E-state index contributed by atoms with van der Waals surface area (Å²) in [5, 5.41) is 8.72. The van der Waals surface area contributed by atoms with Crippen LogP contribution in [0.5, 0.6) is 5.75 Å². The Bertz CT molecular complexity index is 773. The smallest absolute Gasteiger partial charge is 0.344 e. The monoisotopic (exact) mass is 337 g/mol. The van der Waals surface area contributed by atoms with Gasteiger partial charge in [-0.1, -0.05) is 31.2 Å². The van der Waals surface area contributed by atoms with Gasteiger partial charge in [0.1, 0.15) is 5.75 Å². The Kier molecular flexibility index (Phi) is 6.30. The first-order valence-corrected chi connectivity index (χ1v) is 7.99. The molecule has 0 heterocycles. The fraction of sp³-hybridized carbons (Fsp3) is 0.250. The first-order valence-electron chi connectivity index (χ1n) is 7.99. The lowest BCUT2D eigenvalue weighted by atomic mass is 10.0. The number of hydrogen-bond acceptors (Lipinski definition) is 5. The third kappa shape index (κ3) is 5.18. The lowest BCUT2D eigenvalue weighted by molar-refractivity contribution is -0.148. The SMILES string of the molecule is CCc1ccc(C(=O)[C@H](C)OC(=O)COc2ccc(C#N)cc2)cc1. The van der Waals surface area contributed by atoms with Crippen LogP contribution in [0, 0.1) is 11.3 Å². The lowest BCUT2D eigenvalue weighted by Crippen LogP contribution is -2.27. The first-order chi connectivity index (χ1) is 12.0. The molecule has 128 valence electrons. The van der Waals surface area contributed by atoms with E-state index in [0.29, 0.717) is 16.9 Å². The second-order valence-electron chi connectivity index (χ2n) is 5.47. The molecular formula is C20H19NO4. The summed E-state index contributed by atoms with van der Waals surface area (Å²) in [6, 6.07) is 15.6. The van der Waals surface area contributed by atoms with Crippen molar-refractivity contribution in [2.75, 3.05) is 6.61 Å². The van der Waals surface area contributed by atoms with Gasteiger partial charge in [0.05, 0.1) is 11.6 Å². The molecule has 2 rings (SSSR count). The Morgan fingerprint density at radius 2 is 1.72 bits per heavy atom. The van der Waals surface area contributed by atoms with Gasteiger partial charge >= 0.3 is 5.97 Å². The molecule has 0 aliphatic rings. The van der Waals surface area contributed by atoms with Crippen LogP contribution in [0.1, 0.15) is 35.3 Å². The average molecular weight is 337 g/mol. The molecule has 5 nitrogen and oxygen atoms in total. The molecule has 2 aromatic rings. The lowest BCUT2D eigenvalue weighted by Gasteiger charge is -2.13. The molecule has 0 fully saturated rings. The van der Waals surface area contributed by atoms with Crippen LogP contribution in [-0.4, -0.2) is 24.5 Å². The molecule has 0 radical (unpaired) electrons. The fourth-order valence-electron chi connectivity index (χ4n) is 2.19. The van der Waals surface area contributed by atoms with E-state index in [1.807, 2.05) is 25.1 Å². The fourth-order valence-corrected chi connectivity index (χ4v) is 2.19. The summed E-state index contributed by atoms with van der Waals surface area (Å²) in [5.74, 6) is -0.435. The molecule has 1 atom stereocenters. The maximum absolute atomic E-state index is 12.3. The van der Waals surface area contributed by atoms with Crippen LogP contribution in [0.3, 0.4) is 0 Å². The molecule has 0 aromatic heterocycles. The number of carbonyl (C=O) groups excluding carboxylic acids is 2. The summed E-state index contributed by atoms with van der Waals surface area (Å²) in [4.78, 5) is 24.1. The third-order valence-corrected chi connectivity index (χ3v) is 3.66. The number of ketones is 1. The normalized spacial score (nSPS) is 11.2. The minimum absolute atomic E-state index is 0.255. The summed E-state index contributed by atoms with van der Waals surface area (Å²) >= 11 is 0. The van der Waals surface area contributed by atoms with Gasteiger partial charge in [-0.05, 0) is 43.2 Å². The van der Waals surface area contributed by atoms with Gasteiger partial charge in [-0.2, -0.15) is 5.26 Å². The van der Waals surface area contributed by atoms with Gasteiger partial charge in [0.2, 0.25) is 5.78 Å². The molecule has 0 unspecified atom stereocenters. The quantitative estimate of drug-likeness (QED) is 0.572. The summed E-state index contributed by atoms with van der Waals surface area (Å²) < 4.78 is 10.4. The van der Waals surface area contributed by atoms with Crippen molar-refractivity contribution in [1.82, 2.24) is 0 Å². The zero-order chi connectivity index (χ0) is 18.2. The molecule has 0 bridgehead atoms. The largest absolute Gasteiger partial charge is 0.482 e. The minimum Gasteiger partial charge on any atom is -0.482 e. The van der Waals surface area contributed by atoms with Crippen LogP contribution in [0.2, 0.25) is 0 Å². The van der Waals surface area contributed by atoms with Gasteiger partial charge in [0.15, 0.2) is 12.7 Å². The van der Waals surface area contributed by atoms with Crippen LogP contribution in [0.4, 0.5) is 0 Å². The van der Waals surface area contributed by atoms with Crippen LogP contribution >= 0.6 is 0 Å². The van der Waals surface area contributed by atoms with Crippen LogP contribution in [-0.2, 0) is 16.0 Å². The van der Waals surface area contributed by atoms with Gasteiger partial charge in [-0.15, -0.1) is 0 Å². The van der Waals surface area contributed by atoms with Crippen molar-refractivity contribution < 1.29 is 19.1 Å². The maximum Gasteiger partial charge on any atom is 0.344 e. The van der Waals surface area contributed by atoms with E-state index in [-0.39, 0.29) is 12.4 Å². The second-order valence-corrected chi connectivity index (χ2v) is 5.47. The molecule has 5 heteroatoms. The molecular weight excluding hydrogens is 318 g/mol. The van der Waals surface area contributed by atoms with E-state index in [1.54, 1.807) is 36.4 Å². The van der Waals surface area contributed by atoms with Gasteiger partial charge in [-0.25, -0.2) is 4.79 Å². The van der Waals surface area contributed by atoms with E-state index in [4.69, 9.17) is 14.7 Å². The molecule has 0 N–H and O–H groups in total. The highest BCUT2D eigenvalue weighted by Gasteiger charge is 2.19. The number of rotatable bonds is 7. The van der Waals surface area contributed by atoms with Crippen molar-refractivity contribution in [3.05, 3.63) is 65.2 Å². The van der Waals surface area contributed by atoms with Crippen molar-refractivity contribution in [1.29, 1.82) is 5.26 Å². The third-order valence-electron chi connectivity index (χ3n) is 3.66. The van der Waals surface area contributed by atoms with E-state index in [0.717, 1.165) is 12.0 Å². The maximum atomic E-state index is 12.3. The number of benzene rings is 2. The zero-order valence-electron chi connectivity index (χ0n) is 14.2. The van der Waals surface area contributed by atoms with E-state index >= 15 is 0 Å². The minimum atomic E-state index is -0.885. The number of Topliss-reactive ketones (excluding diaryl/α,β-unsaturated/α-hetero) is 1. The van der Waals surface area contributed by atoms with Gasteiger partial charge < -0.3 is 9.47 Å². The molecule has 0 saturated carbocycles. The predicted molar refractivity (Wildman–Crippen MR) is 92.4 cm³/mol. The first kappa shape index (κ1) is 18.2. The Balaban J connectivity index is 1.85. The number of esters is 1. The Morgan fingerprint density at radius 1 is 1.08 bits per heavy atom. The molecule has 25 heavy (non-hydrogen) atoms. The van der Waals surface area contributed by atoms with E-state index in [9.17, 15) is 9.59 Å². The number of carbonyl (C=O) groups is 2. The topological polar surface area (TPSA) is 76.4 Å². The second kappa shape index (κ2) is 8.65. The highest BCUT2D eigenvalue weighted by molar-refractivity contribution is 6.00. The number of hydrogen-bond donors (Lipinski definition) is 0. The molecule has 2 aromatic carbocycles. The Morgan fingerprint density at radius 3 is 2.28 bits per heavy atom. The van der Waals surface area contributed by atoms with Crippen LogP contribution in [0.25, 0.3) is 0 Å². The highest BCUT2D eigenvalue weighted by Crippen LogP contribution is 2.12.